The average molecular weight is 504 g/mol. The van der Waals surface area contributed by atoms with Crippen LogP contribution in [0.15, 0.2) is 24.4 Å². The first kappa shape index (κ1) is 24.2. The molecule has 2 fully saturated rings. The van der Waals surface area contributed by atoms with Gasteiger partial charge in [0.1, 0.15) is 23.5 Å². The van der Waals surface area contributed by atoms with Crippen molar-refractivity contribution in [1.29, 1.82) is 0 Å². The number of likely N-dealkylation sites (tertiary alicyclic amines) is 1. The quantitative estimate of drug-likeness (QED) is 0.675. The van der Waals surface area contributed by atoms with E-state index >= 15 is 0 Å². The van der Waals surface area contributed by atoms with Gasteiger partial charge in [-0.3, -0.25) is 0 Å². The summed E-state index contributed by atoms with van der Waals surface area (Å²) in [5.74, 6) is 1.27. The van der Waals surface area contributed by atoms with Crippen molar-refractivity contribution >= 4 is 17.6 Å². The highest BCUT2D eigenvalue weighted by Crippen LogP contribution is 2.24. The molecule has 2 aromatic rings. The summed E-state index contributed by atoms with van der Waals surface area (Å²) >= 11 is 5.78. The summed E-state index contributed by atoms with van der Waals surface area (Å²) in [4.78, 5) is 26.5. The van der Waals surface area contributed by atoms with Gasteiger partial charge in [-0.15, -0.1) is 0 Å². The first-order valence-electron chi connectivity index (χ1n) is 12.2. The fraction of sp³-hybridized carbons (Fsp3) is 0.560. The van der Waals surface area contributed by atoms with E-state index in [1.54, 1.807) is 11.0 Å². The van der Waals surface area contributed by atoms with Gasteiger partial charge in [-0.25, -0.2) is 19.2 Å². The molecule has 0 bridgehead atoms. The SMILES string of the molecule is CN1C[C@H](Oc2ccc(Cl)c(F)c2)[C@H](NC(=O)N2CCc3cnc(CC4CCOCC4)nc3C2)C1. The molecule has 0 radical (unpaired) electrons. The molecule has 0 aliphatic carbocycles. The maximum atomic E-state index is 13.8. The van der Waals surface area contributed by atoms with E-state index in [0.29, 0.717) is 37.8 Å². The highest BCUT2D eigenvalue weighted by atomic mass is 35.5. The fourth-order valence-electron chi connectivity index (χ4n) is 5.02. The van der Waals surface area contributed by atoms with Gasteiger partial charge in [0.2, 0.25) is 0 Å². The minimum Gasteiger partial charge on any atom is -0.487 e. The highest BCUT2D eigenvalue weighted by molar-refractivity contribution is 6.30. The van der Waals surface area contributed by atoms with Gasteiger partial charge in [-0.1, -0.05) is 11.6 Å². The fourth-order valence-corrected chi connectivity index (χ4v) is 5.14. The van der Waals surface area contributed by atoms with Crippen LogP contribution in [0.25, 0.3) is 0 Å². The summed E-state index contributed by atoms with van der Waals surface area (Å²) in [6, 6.07) is 4.03. The molecule has 1 aromatic carbocycles. The van der Waals surface area contributed by atoms with E-state index in [0.717, 1.165) is 56.0 Å². The first-order chi connectivity index (χ1) is 16.9. The Morgan fingerprint density at radius 1 is 1.31 bits per heavy atom. The van der Waals surface area contributed by atoms with E-state index in [2.05, 4.69) is 15.2 Å². The number of aromatic nitrogens is 2. The number of carbonyl (C=O) groups excluding carboxylic acids is 1. The smallest absolute Gasteiger partial charge is 0.318 e. The molecule has 188 valence electrons. The lowest BCUT2D eigenvalue weighted by atomic mass is 9.96. The van der Waals surface area contributed by atoms with Crippen molar-refractivity contribution in [2.75, 3.05) is 39.9 Å². The molecule has 8 nitrogen and oxygen atoms in total. The summed E-state index contributed by atoms with van der Waals surface area (Å²) in [7, 11) is 1.97. The largest absolute Gasteiger partial charge is 0.487 e. The first-order valence-corrected chi connectivity index (χ1v) is 12.6. The van der Waals surface area contributed by atoms with Crippen LogP contribution in [0.1, 0.15) is 29.9 Å². The molecule has 2 amide bonds. The van der Waals surface area contributed by atoms with Crippen LogP contribution in [0, 0.1) is 11.7 Å². The Balaban J connectivity index is 1.21. The number of carbonyl (C=O) groups is 1. The maximum Gasteiger partial charge on any atom is 0.318 e. The molecule has 0 saturated carbocycles. The molecule has 3 aliphatic rings. The van der Waals surface area contributed by atoms with Crippen molar-refractivity contribution in [3.8, 4) is 5.75 Å². The number of urea groups is 1. The van der Waals surface area contributed by atoms with Gasteiger partial charge < -0.3 is 24.6 Å². The van der Waals surface area contributed by atoms with Crippen LogP contribution in [0.3, 0.4) is 0 Å². The van der Waals surface area contributed by atoms with Crippen LogP contribution in [-0.4, -0.2) is 77.8 Å². The molecule has 10 heteroatoms. The van der Waals surface area contributed by atoms with Gasteiger partial charge in [0, 0.05) is 51.5 Å². The van der Waals surface area contributed by atoms with Crippen molar-refractivity contribution in [1.82, 2.24) is 25.1 Å². The molecule has 35 heavy (non-hydrogen) atoms. The Kier molecular flexibility index (Phi) is 7.36. The van der Waals surface area contributed by atoms with Crippen molar-refractivity contribution in [3.63, 3.8) is 0 Å². The molecule has 1 N–H and O–H groups in total. The normalized spacial score (nSPS) is 23.2. The molecular weight excluding hydrogens is 473 g/mol. The monoisotopic (exact) mass is 503 g/mol. The number of likely N-dealkylation sites (N-methyl/N-ethyl adjacent to an activating group) is 1. The Morgan fingerprint density at radius 3 is 2.94 bits per heavy atom. The number of fused-ring (bicyclic) bond motifs is 1. The van der Waals surface area contributed by atoms with Crippen molar-refractivity contribution in [2.24, 2.45) is 5.92 Å². The molecule has 4 heterocycles. The number of hydrogen-bond acceptors (Lipinski definition) is 6. The zero-order chi connectivity index (χ0) is 24.4. The average Bonchev–Trinajstić information content (AvgIpc) is 3.19. The van der Waals surface area contributed by atoms with Crippen molar-refractivity contribution in [3.05, 3.63) is 52.3 Å². The van der Waals surface area contributed by atoms with Crippen molar-refractivity contribution < 1.29 is 18.7 Å². The number of halogens is 2. The van der Waals surface area contributed by atoms with Gasteiger partial charge in [-0.05, 0) is 49.9 Å². The number of rotatable bonds is 5. The van der Waals surface area contributed by atoms with E-state index < -0.39 is 5.82 Å². The van der Waals surface area contributed by atoms with Crippen LogP contribution in [0.5, 0.6) is 5.75 Å². The van der Waals surface area contributed by atoms with E-state index in [1.807, 2.05) is 13.2 Å². The van der Waals surface area contributed by atoms with Crippen LogP contribution >= 0.6 is 11.6 Å². The second-order valence-electron chi connectivity index (χ2n) is 9.70. The van der Waals surface area contributed by atoms with Gasteiger partial charge in [0.05, 0.1) is 23.3 Å². The molecule has 3 aliphatic heterocycles. The van der Waals surface area contributed by atoms with E-state index in [9.17, 15) is 9.18 Å². The molecular formula is C25H31ClFN5O3. The maximum absolute atomic E-state index is 13.8. The van der Waals surface area contributed by atoms with E-state index in [4.69, 9.17) is 26.1 Å². The standard InChI is InChI=1S/C25H31ClFN5O3/c1-31-13-22(23(15-31)35-18-2-3-19(26)20(27)11-18)30-25(33)32-7-4-17-12-28-24(29-21(17)14-32)10-16-5-8-34-9-6-16/h2-3,11-12,16,22-23H,4-10,13-15H2,1H3,(H,30,33)/t22-,23+/m1/s1. The van der Waals surface area contributed by atoms with Crippen LogP contribution < -0.4 is 10.1 Å². The Hall–Kier alpha value is -2.49. The highest BCUT2D eigenvalue weighted by Gasteiger charge is 2.35. The lowest BCUT2D eigenvalue weighted by molar-refractivity contribution is 0.0659. The number of ether oxygens (including phenoxy) is 2. The number of hydrogen-bond donors (Lipinski definition) is 1. The zero-order valence-electron chi connectivity index (χ0n) is 19.9. The predicted molar refractivity (Wildman–Crippen MR) is 129 cm³/mol. The van der Waals surface area contributed by atoms with Crippen LogP contribution in [0.4, 0.5) is 9.18 Å². The second kappa shape index (κ2) is 10.6. The van der Waals surface area contributed by atoms with Gasteiger partial charge in [0.15, 0.2) is 0 Å². The molecule has 1 aromatic heterocycles. The van der Waals surface area contributed by atoms with Gasteiger partial charge in [0.25, 0.3) is 0 Å². The third-order valence-electron chi connectivity index (χ3n) is 7.03. The second-order valence-corrected chi connectivity index (χ2v) is 10.1. The topological polar surface area (TPSA) is 79.8 Å². The zero-order valence-corrected chi connectivity index (χ0v) is 20.6. The molecule has 0 unspecified atom stereocenters. The third-order valence-corrected chi connectivity index (χ3v) is 7.34. The number of nitrogens with zero attached hydrogens (tertiary/aromatic N) is 4. The summed E-state index contributed by atoms with van der Waals surface area (Å²) in [5.41, 5.74) is 2.03. The molecule has 5 rings (SSSR count). The van der Waals surface area contributed by atoms with E-state index in [-0.39, 0.29) is 23.2 Å². The minimum absolute atomic E-state index is 0.0517. The number of benzene rings is 1. The Labute approximate surface area is 209 Å². The van der Waals surface area contributed by atoms with Gasteiger partial charge in [-0.2, -0.15) is 0 Å². The molecule has 2 atom stereocenters. The number of amides is 2. The van der Waals surface area contributed by atoms with Gasteiger partial charge >= 0.3 is 6.03 Å². The summed E-state index contributed by atoms with van der Waals surface area (Å²) in [6.07, 6.45) is 5.28. The third kappa shape index (κ3) is 5.85. The molecule has 2 saturated heterocycles. The summed E-state index contributed by atoms with van der Waals surface area (Å²) in [6.45, 7) is 3.95. The van der Waals surface area contributed by atoms with E-state index in [1.165, 1.54) is 12.1 Å². The van der Waals surface area contributed by atoms with Crippen LogP contribution in [-0.2, 0) is 24.1 Å². The number of nitrogens with one attached hydrogen (secondary N) is 1. The Bertz CT molecular complexity index is 1070. The summed E-state index contributed by atoms with van der Waals surface area (Å²) in [5, 5.41) is 3.18. The Morgan fingerprint density at radius 2 is 2.14 bits per heavy atom. The van der Waals surface area contributed by atoms with Crippen molar-refractivity contribution in [2.45, 2.75) is 44.4 Å². The molecule has 0 spiro atoms. The lowest BCUT2D eigenvalue weighted by Crippen LogP contribution is -2.51. The minimum atomic E-state index is -0.527. The summed E-state index contributed by atoms with van der Waals surface area (Å²) < 4.78 is 25.3. The predicted octanol–water partition coefficient (Wildman–Crippen LogP) is 3.07. The lowest BCUT2D eigenvalue weighted by Gasteiger charge is -2.30. The van der Waals surface area contributed by atoms with Crippen LogP contribution in [0.2, 0.25) is 5.02 Å².